The molecule has 4 rings (SSSR count). The van der Waals surface area contributed by atoms with Crippen molar-refractivity contribution in [2.75, 3.05) is 11.1 Å². The molecule has 0 fully saturated rings. The van der Waals surface area contributed by atoms with E-state index in [4.69, 9.17) is 16.3 Å². The fourth-order valence-corrected chi connectivity index (χ4v) is 4.70. The highest BCUT2D eigenvalue weighted by Crippen LogP contribution is 2.25. The van der Waals surface area contributed by atoms with Gasteiger partial charge in [0.1, 0.15) is 13.2 Å². The summed E-state index contributed by atoms with van der Waals surface area (Å²) < 4.78 is 1.44. The molecule has 0 saturated heterocycles. The third-order valence-electron chi connectivity index (χ3n) is 6.71. The third-order valence-corrected chi connectivity index (χ3v) is 6.71. The number of rotatable bonds is 13. The van der Waals surface area contributed by atoms with Gasteiger partial charge in [0.25, 0.3) is 5.56 Å². The maximum atomic E-state index is 13.5. The van der Waals surface area contributed by atoms with Gasteiger partial charge in [0.15, 0.2) is 11.7 Å². The summed E-state index contributed by atoms with van der Waals surface area (Å²) in [7, 11) is 0. The molecule has 0 spiro atoms. The first-order valence-electron chi connectivity index (χ1n) is 14.7. The first kappa shape index (κ1) is 31.8. The average Bonchev–Trinajstić information content (AvgIpc) is 2.98. The number of nitrogen functional groups attached to an aromatic ring is 1. The van der Waals surface area contributed by atoms with E-state index in [1.807, 2.05) is 80.6 Å². The number of nitrogens with two attached hydrogens (primary N) is 2. The van der Waals surface area contributed by atoms with Crippen molar-refractivity contribution in [1.29, 1.82) is 0 Å². The van der Waals surface area contributed by atoms with Gasteiger partial charge in [0, 0.05) is 29.4 Å². The third kappa shape index (κ3) is 8.94. The predicted octanol–water partition coefficient (Wildman–Crippen LogP) is 4.66. The molecule has 0 aliphatic carbocycles. The number of amides is 1. The van der Waals surface area contributed by atoms with Crippen molar-refractivity contribution < 1.29 is 9.63 Å². The van der Waals surface area contributed by atoms with Gasteiger partial charge in [-0.2, -0.15) is 0 Å². The van der Waals surface area contributed by atoms with Gasteiger partial charge in [-0.15, -0.1) is 0 Å². The van der Waals surface area contributed by atoms with Crippen molar-refractivity contribution in [1.82, 2.24) is 14.9 Å². The number of nitrogens with zero attached hydrogens (tertiary/aromatic N) is 3. The number of anilines is 2. The number of aromatic nitrogens is 2. The summed E-state index contributed by atoms with van der Waals surface area (Å²) in [6.45, 7) is 8.51. The summed E-state index contributed by atoms with van der Waals surface area (Å²) in [6.07, 6.45) is 2.45. The molecule has 6 N–H and O–H groups in total. The molecule has 44 heavy (non-hydrogen) atoms. The van der Waals surface area contributed by atoms with Crippen LogP contribution >= 0.6 is 0 Å². The fourth-order valence-electron chi connectivity index (χ4n) is 4.70. The number of carbonyl (C=O) groups is 1. The molecule has 0 aliphatic heterocycles. The normalized spacial score (nSPS) is 11.5. The van der Waals surface area contributed by atoms with Crippen LogP contribution in [0.1, 0.15) is 49.9 Å². The summed E-state index contributed by atoms with van der Waals surface area (Å²) in [5.41, 5.74) is 17.4. The number of nitrogens with one attached hydrogen (secondary N) is 2. The summed E-state index contributed by atoms with van der Waals surface area (Å²) in [4.78, 5) is 36.4. The minimum absolute atomic E-state index is 0.00850. The molecular weight excluding hydrogens is 554 g/mol. The molecule has 10 heteroatoms. The monoisotopic (exact) mass is 595 g/mol. The molecule has 0 saturated carbocycles. The number of hydrogen-bond donors (Lipinski definition) is 4. The topological polar surface area (TPSA) is 150 Å². The number of oxime groups is 1. The quantitative estimate of drug-likeness (QED) is 0.0760. The van der Waals surface area contributed by atoms with Crippen LogP contribution in [-0.4, -0.2) is 27.3 Å². The Labute approximate surface area is 258 Å². The average molecular weight is 596 g/mol. The smallest absolute Gasteiger partial charge is 0.294 e. The Hall–Kier alpha value is -5.12. The van der Waals surface area contributed by atoms with Crippen molar-refractivity contribution in [3.63, 3.8) is 0 Å². The van der Waals surface area contributed by atoms with Gasteiger partial charge in [-0.05, 0) is 61.1 Å². The van der Waals surface area contributed by atoms with E-state index in [0.717, 1.165) is 28.7 Å². The van der Waals surface area contributed by atoms with E-state index < -0.39 is 0 Å². The van der Waals surface area contributed by atoms with Gasteiger partial charge in [-0.25, -0.2) is 4.98 Å². The van der Waals surface area contributed by atoms with Crippen LogP contribution in [0.5, 0.6) is 0 Å². The standard InChI is InChI=1S/C34H41N7O3/c1-22(2)14-26-15-28(17-29(35)16-26)30-19-38-33(39-23(3)4)34(43)41(30)20-31(42)37-18-24-10-12-27(13-11-24)32(36)40-44-21-25-8-6-5-7-9-25/h5-13,15-17,19,22-23H,14,18,20-21,35H2,1-4H3,(H2,36,40)(H,37,42)(H,38,39). The molecule has 1 amide bonds. The highest BCUT2D eigenvalue weighted by molar-refractivity contribution is 5.97. The zero-order valence-corrected chi connectivity index (χ0v) is 25.7. The predicted molar refractivity (Wildman–Crippen MR) is 176 cm³/mol. The van der Waals surface area contributed by atoms with Crippen LogP contribution in [0.3, 0.4) is 0 Å². The lowest BCUT2D eigenvalue weighted by Gasteiger charge is -2.17. The number of amidine groups is 1. The Balaban J connectivity index is 1.46. The molecule has 0 radical (unpaired) electrons. The summed E-state index contributed by atoms with van der Waals surface area (Å²) >= 11 is 0. The molecule has 3 aromatic carbocycles. The lowest BCUT2D eigenvalue weighted by Crippen LogP contribution is -2.35. The maximum Gasteiger partial charge on any atom is 0.294 e. The Bertz CT molecular complexity index is 1650. The molecule has 4 aromatic rings. The van der Waals surface area contributed by atoms with Crippen molar-refractivity contribution in [2.24, 2.45) is 16.8 Å². The fraction of sp³-hybridized carbons (Fsp3) is 0.294. The Kier molecular flexibility index (Phi) is 10.7. The Morgan fingerprint density at radius 2 is 1.70 bits per heavy atom. The first-order valence-corrected chi connectivity index (χ1v) is 14.7. The van der Waals surface area contributed by atoms with Gasteiger partial charge in [0.05, 0.1) is 11.9 Å². The zero-order chi connectivity index (χ0) is 31.6. The Morgan fingerprint density at radius 3 is 2.39 bits per heavy atom. The molecule has 10 nitrogen and oxygen atoms in total. The van der Waals surface area contributed by atoms with E-state index >= 15 is 0 Å². The molecule has 1 aromatic heterocycles. The summed E-state index contributed by atoms with van der Waals surface area (Å²) in [6, 6.07) is 22.8. The van der Waals surface area contributed by atoms with Gasteiger partial charge in [-0.3, -0.25) is 14.2 Å². The minimum Gasteiger partial charge on any atom is -0.399 e. The first-order chi connectivity index (χ1) is 21.1. The van der Waals surface area contributed by atoms with Crippen LogP contribution in [-0.2, 0) is 35.7 Å². The maximum absolute atomic E-state index is 13.5. The number of carbonyl (C=O) groups excluding carboxylic acids is 1. The van der Waals surface area contributed by atoms with E-state index in [1.54, 1.807) is 12.3 Å². The van der Waals surface area contributed by atoms with E-state index in [-0.39, 0.29) is 42.3 Å². The van der Waals surface area contributed by atoms with E-state index in [0.29, 0.717) is 29.5 Å². The van der Waals surface area contributed by atoms with Crippen LogP contribution < -0.4 is 27.7 Å². The van der Waals surface area contributed by atoms with Crippen molar-refractivity contribution in [3.8, 4) is 11.3 Å². The molecule has 0 bridgehead atoms. The van der Waals surface area contributed by atoms with Gasteiger partial charge < -0.3 is 26.9 Å². The second kappa shape index (κ2) is 14.9. The van der Waals surface area contributed by atoms with Crippen LogP contribution in [0.15, 0.2) is 88.9 Å². The molecule has 0 atom stereocenters. The number of hydrogen-bond acceptors (Lipinski definition) is 7. The Morgan fingerprint density at radius 1 is 0.977 bits per heavy atom. The van der Waals surface area contributed by atoms with Crippen molar-refractivity contribution >= 4 is 23.2 Å². The van der Waals surface area contributed by atoms with Crippen LogP contribution in [0.2, 0.25) is 0 Å². The molecule has 0 unspecified atom stereocenters. The second-order valence-corrected chi connectivity index (χ2v) is 11.5. The van der Waals surface area contributed by atoms with Gasteiger partial charge in [0.2, 0.25) is 5.91 Å². The van der Waals surface area contributed by atoms with Crippen LogP contribution in [0.25, 0.3) is 11.3 Å². The van der Waals surface area contributed by atoms with Crippen molar-refractivity contribution in [2.45, 2.75) is 59.9 Å². The van der Waals surface area contributed by atoms with E-state index in [1.165, 1.54) is 4.57 Å². The van der Waals surface area contributed by atoms with Gasteiger partial charge >= 0.3 is 0 Å². The van der Waals surface area contributed by atoms with E-state index in [2.05, 4.69) is 34.6 Å². The van der Waals surface area contributed by atoms with E-state index in [9.17, 15) is 9.59 Å². The molecule has 1 heterocycles. The van der Waals surface area contributed by atoms with Crippen LogP contribution in [0.4, 0.5) is 11.5 Å². The summed E-state index contributed by atoms with van der Waals surface area (Å²) in [5.74, 6) is 0.551. The molecule has 0 aliphatic rings. The second-order valence-electron chi connectivity index (χ2n) is 11.5. The highest BCUT2D eigenvalue weighted by Gasteiger charge is 2.17. The lowest BCUT2D eigenvalue weighted by molar-refractivity contribution is -0.121. The van der Waals surface area contributed by atoms with Gasteiger partial charge in [-0.1, -0.05) is 73.6 Å². The molecule has 230 valence electrons. The van der Waals surface area contributed by atoms with Crippen molar-refractivity contribution in [3.05, 3.63) is 112 Å². The lowest BCUT2D eigenvalue weighted by atomic mass is 9.99. The van der Waals surface area contributed by atoms with Crippen LogP contribution in [0, 0.1) is 5.92 Å². The number of benzene rings is 3. The SMILES string of the molecule is CC(C)Cc1cc(N)cc(-c2cnc(NC(C)C)c(=O)n2CC(=O)NCc2ccc(/C(N)=N/OCc3ccccc3)cc2)c1. The zero-order valence-electron chi connectivity index (χ0n) is 25.7. The minimum atomic E-state index is -0.382. The molecular formula is C34H41N7O3. The largest absolute Gasteiger partial charge is 0.399 e. The summed E-state index contributed by atoms with van der Waals surface area (Å²) in [5, 5.41) is 10.00. The highest BCUT2D eigenvalue weighted by atomic mass is 16.6.